The zero-order chi connectivity index (χ0) is 16.8. The second-order valence-corrected chi connectivity index (χ2v) is 5.67. The average molecular weight is 327 g/mol. The maximum Gasteiger partial charge on any atom is 0.274 e. The van der Waals surface area contributed by atoms with Crippen LogP contribution >= 0.6 is 11.8 Å². The lowest BCUT2D eigenvalue weighted by molar-refractivity contribution is -0.385. The van der Waals surface area contributed by atoms with Gasteiger partial charge in [-0.05, 0) is 25.1 Å². The number of rotatable bonds is 5. The van der Waals surface area contributed by atoms with Crippen molar-refractivity contribution in [2.45, 2.75) is 11.8 Å². The fourth-order valence-corrected chi connectivity index (χ4v) is 2.68. The standard InChI is InChI=1S/C16H13N3O3S/c1-11-6-7-12(10-14(11)19(21)22)18-16(20)13-4-2-3-5-15(13)23-9-8-17/h2-7,10H,9H2,1H3,(H,18,20). The molecule has 0 saturated heterocycles. The number of nitro groups is 1. The molecule has 7 heteroatoms. The molecule has 0 aliphatic heterocycles. The minimum Gasteiger partial charge on any atom is -0.322 e. The highest BCUT2D eigenvalue weighted by atomic mass is 32.2. The summed E-state index contributed by atoms with van der Waals surface area (Å²) in [5, 5.41) is 22.3. The fourth-order valence-electron chi connectivity index (χ4n) is 1.97. The van der Waals surface area contributed by atoms with E-state index in [4.69, 9.17) is 5.26 Å². The first-order chi connectivity index (χ1) is 11.0. The molecule has 116 valence electrons. The minimum atomic E-state index is -0.484. The van der Waals surface area contributed by atoms with Gasteiger partial charge in [0.2, 0.25) is 0 Å². The van der Waals surface area contributed by atoms with Gasteiger partial charge in [0.15, 0.2) is 0 Å². The number of hydrogen-bond donors (Lipinski definition) is 1. The number of benzene rings is 2. The highest BCUT2D eigenvalue weighted by Crippen LogP contribution is 2.25. The number of aryl methyl sites for hydroxylation is 1. The summed E-state index contributed by atoms with van der Waals surface area (Å²) < 4.78 is 0. The van der Waals surface area contributed by atoms with E-state index in [1.54, 1.807) is 43.3 Å². The molecule has 0 spiro atoms. The molecule has 0 heterocycles. The Bertz CT molecular complexity index is 799. The molecule has 0 aliphatic carbocycles. The molecule has 0 radical (unpaired) electrons. The number of nitrogens with zero attached hydrogens (tertiary/aromatic N) is 2. The van der Waals surface area contributed by atoms with E-state index in [1.807, 2.05) is 6.07 Å². The molecule has 0 bridgehead atoms. The molecule has 0 fully saturated rings. The van der Waals surface area contributed by atoms with Crippen molar-refractivity contribution in [2.24, 2.45) is 0 Å². The van der Waals surface area contributed by atoms with Gasteiger partial charge in [-0.15, -0.1) is 11.8 Å². The Labute approximate surface area is 137 Å². The van der Waals surface area contributed by atoms with Gasteiger partial charge < -0.3 is 5.32 Å². The number of nitriles is 1. The average Bonchev–Trinajstić information content (AvgIpc) is 2.54. The topological polar surface area (TPSA) is 96.0 Å². The van der Waals surface area contributed by atoms with Gasteiger partial charge in [0.1, 0.15) is 0 Å². The lowest BCUT2D eigenvalue weighted by Crippen LogP contribution is -2.13. The highest BCUT2D eigenvalue weighted by molar-refractivity contribution is 7.99. The van der Waals surface area contributed by atoms with Crippen molar-refractivity contribution in [1.82, 2.24) is 0 Å². The molecule has 1 N–H and O–H groups in total. The largest absolute Gasteiger partial charge is 0.322 e. The first kappa shape index (κ1) is 16.5. The van der Waals surface area contributed by atoms with Crippen LogP contribution in [0.5, 0.6) is 0 Å². The van der Waals surface area contributed by atoms with Crippen LogP contribution in [0.15, 0.2) is 47.4 Å². The molecule has 2 aromatic rings. The molecule has 1 amide bonds. The maximum absolute atomic E-state index is 12.4. The van der Waals surface area contributed by atoms with Gasteiger partial charge in [0.05, 0.1) is 22.3 Å². The Kier molecular flexibility index (Phi) is 5.33. The normalized spacial score (nSPS) is 9.91. The number of carbonyl (C=O) groups is 1. The van der Waals surface area contributed by atoms with E-state index in [0.717, 1.165) is 0 Å². The number of nitrogens with one attached hydrogen (secondary N) is 1. The van der Waals surface area contributed by atoms with Crippen molar-refractivity contribution < 1.29 is 9.72 Å². The molecule has 6 nitrogen and oxygen atoms in total. The molecule has 0 aliphatic rings. The lowest BCUT2D eigenvalue weighted by Gasteiger charge is -2.09. The summed E-state index contributed by atoms with van der Waals surface area (Å²) in [5.41, 5.74) is 1.26. The van der Waals surface area contributed by atoms with Crippen LogP contribution in [0.3, 0.4) is 0 Å². The Morgan fingerprint density at radius 2 is 2.09 bits per heavy atom. The van der Waals surface area contributed by atoms with Gasteiger partial charge in [-0.3, -0.25) is 14.9 Å². The summed E-state index contributed by atoms with van der Waals surface area (Å²) in [6.45, 7) is 1.64. The third-order valence-corrected chi connectivity index (χ3v) is 4.03. The molecule has 0 saturated carbocycles. The van der Waals surface area contributed by atoms with Crippen LogP contribution in [0.2, 0.25) is 0 Å². The molecular formula is C16H13N3O3S. The third-order valence-electron chi connectivity index (χ3n) is 3.09. The first-order valence-corrected chi connectivity index (χ1v) is 7.66. The van der Waals surface area contributed by atoms with Gasteiger partial charge >= 0.3 is 0 Å². The summed E-state index contributed by atoms with van der Waals surface area (Å²) in [7, 11) is 0. The Morgan fingerprint density at radius 1 is 1.35 bits per heavy atom. The summed E-state index contributed by atoms with van der Waals surface area (Å²) in [6.07, 6.45) is 0. The first-order valence-electron chi connectivity index (χ1n) is 6.68. The van der Waals surface area contributed by atoms with Gasteiger partial charge in [-0.25, -0.2) is 0 Å². The van der Waals surface area contributed by atoms with Crippen LogP contribution in [0.4, 0.5) is 11.4 Å². The monoisotopic (exact) mass is 327 g/mol. The van der Waals surface area contributed by atoms with Gasteiger partial charge in [-0.1, -0.05) is 18.2 Å². The van der Waals surface area contributed by atoms with E-state index in [9.17, 15) is 14.9 Å². The lowest BCUT2D eigenvalue weighted by atomic mass is 10.1. The minimum absolute atomic E-state index is 0.0464. The van der Waals surface area contributed by atoms with E-state index in [1.165, 1.54) is 17.8 Å². The second-order valence-electron chi connectivity index (χ2n) is 4.66. The molecular weight excluding hydrogens is 314 g/mol. The number of carbonyl (C=O) groups excluding carboxylic acids is 1. The Balaban J connectivity index is 2.25. The smallest absolute Gasteiger partial charge is 0.274 e. The quantitative estimate of drug-likeness (QED) is 0.512. The zero-order valence-electron chi connectivity index (χ0n) is 12.3. The zero-order valence-corrected chi connectivity index (χ0v) is 13.1. The van der Waals surface area contributed by atoms with E-state index < -0.39 is 4.92 Å². The van der Waals surface area contributed by atoms with Crippen molar-refractivity contribution in [3.8, 4) is 6.07 Å². The highest BCUT2D eigenvalue weighted by Gasteiger charge is 2.15. The molecule has 23 heavy (non-hydrogen) atoms. The van der Waals surface area contributed by atoms with E-state index >= 15 is 0 Å². The predicted molar refractivity (Wildman–Crippen MR) is 88.6 cm³/mol. The van der Waals surface area contributed by atoms with Crippen molar-refractivity contribution in [3.05, 3.63) is 63.7 Å². The number of nitro benzene ring substituents is 1. The van der Waals surface area contributed by atoms with Gasteiger partial charge in [-0.2, -0.15) is 5.26 Å². The summed E-state index contributed by atoms with van der Waals surface area (Å²) in [4.78, 5) is 23.6. The van der Waals surface area contributed by atoms with Crippen LogP contribution in [0.25, 0.3) is 0 Å². The number of amides is 1. The molecule has 0 atom stereocenters. The van der Waals surface area contributed by atoms with Gasteiger partial charge in [0.25, 0.3) is 11.6 Å². The summed E-state index contributed by atoms with van der Waals surface area (Å²) in [5.74, 6) is -0.135. The SMILES string of the molecule is Cc1ccc(NC(=O)c2ccccc2SCC#N)cc1[N+](=O)[O-]. The van der Waals surface area contributed by atoms with E-state index in [-0.39, 0.29) is 17.3 Å². The van der Waals surface area contributed by atoms with Crippen LogP contribution in [-0.2, 0) is 0 Å². The summed E-state index contributed by atoms with van der Waals surface area (Å²) >= 11 is 1.27. The fraction of sp³-hybridized carbons (Fsp3) is 0.125. The number of hydrogen-bond acceptors (Lipinski definition) is 5. The number of thioether (sulfide) groups is 1. The third kappa shape index (κ3) is 4.08. The van der Waals surface area contributed by atoms with E-state index in [0.29, 0.717) is 21.7 Å². The van der Waals surface area contributed by atoms with Crippen molar-refractivity contribution >= 4 is 29.0 Å². The Morgan fingerprint density at radius 3 is 2.78 bits per heavy atom. The van der Waals surface area contributed by atoms with Crippen molar-refractivity contribution in [3.63, 3.8) is 0 Å². The van der Waals surface area contributed by atoms with Crippen molar-refractivity contribution in [1.29, 1.82) is 5.26 Å². The number of anilines is 1. The van der Waals surface area contributed by atoms with E-state index in [2.05, 4.69) is 5.32 Å². The van der Waals surface area contributed by atoms with Crippen LogP contribution in [-0.4, -0.2) is 16.6 Å². The maximum atomic E-state index is 12.4. The predicted octanol–water partition coefficient (Wildman–Crippen LogP) is 3.77. The van der Waals surface area contributed by atoms with Crippen molar-refractivity contribution in [2.75, 3.05) is 11.1 Å². The van der Waals surface area contributed by atoms with Crippen LogP contribution < -0.4 is 5.32 Å². The molecule has 2 rings (SSSR count). The van der Waals surface area contributed by atoms with Crippen LogP contribution in [0.1, 0.15) is 15.9 Å². The summed E-state index contributed by atoms with van der Waals surface area (Å²) in [6, 6.07) is 13.5. The van der Waals surface area contributed by atoms with Gasteiger partial charge in [0, 0.05) is 22.2 Å². The second kappa shape index (κ2) is 7.42. The molecule has 0 aromatic heterocycles. The molecule has 2 aromatic carbocycles. The Hall–Kier alpha value is -2.85. The molecule has 0 unspecified atom stereocenters. The van der Waals surface area contributed by atoms with Crippen LogP contribution in [0, 0.1) is 28.4 Å².